The molecule has 8 heteroatoms. The van der Waals surface area contributed by atoms with Crippen LogP contribution in [0, 0.1) is 0 Å². The Balaban J connectivity index is 1.63. The normalized spacial score (nSPS) is 11.6. The Morgan fingerprint density at radius 3 is 2.70 bits per heavy atom. The molecule has 138 valence electrons. The van der Waals surface area contributed by atoms with E-state index in [0.29, 0.717) is 21.4 Å². The standard InChI is InChI=1S/C19H16ClN3O2S2/c1-12(17(24)23-19-21-8-9-26-19)27-16-7-3-6-15(11-16)22-18(25)13-4-2-5-14(20)10-13/h2-12H,1H3,(H,22,25)(H,21,23,24). The summed E-state index contributed by atoms with van der Waals surface area (Å²) >= 11 is 8.71. The second-order valence-electron chi connectivity index (χ2n) is 5.58. The number of thioether (sulfide) groups is 1. The zero-order chi connectivity index (χ0) is 19.2. The third-order valence-corrected chi connectivity index (χ3v) is 5.54. The van der Waals surface area contributed by atoms with Crippen molar-refractivity contribution in [3.63, 3.8) is 0 Å². The third-order valence-electron chi connectivity index (χ3n) is 3.52. The van der Waals surface area contributed by atoms with Crippen molar-refractivity contribution >= 4 is 57.3 Å². The Bertz CT molecular complexity index is 948. The maximum Gasteiger partial charge on any atom is 0.255 e. The number of aromatic nitrogens is 1. The van der Waals surface area contributed by atoms with Crippen LogP contribution in [-0.4, -0.2) is 22.0 Å². The van der Waals surface area contributed by atoms with Crippen molar-refractivity contribution in [2.75, 3.05) is 10.6 Å². The number of halogens is 1. The fourth-order valence-corrected chi connectivity index (χ4v) is 3.88. The molecule has 1 unspecified atom stereocenters. The zero-order valence-corrected chi connectivity index (χ0v) is 16.7. The molecule has 2 aromatic carbocycles. The van der Waals surface area contributed by atoms with Crippen LogP contribution in [0.1, 0.15) is 17.3 Å². The van der Waals surface area contributed by atoms with Crippen LogP contribution >= 0.6 is 34.7 Å². The maximum absolute atomic E-state index is 12.3. The highest BCUT2D eigenvalue weighted by Crippen LogP contribution is 2.27. The molecule has 0 saturated carbocycles. The van der Waals surface area contributed by atoms with Crippen molar-refractivity contribution in [1.29, 1.82) is 0 Å². The molecule has 2 amide bonds. The summed E-state index contributed by atoms with van der Waals surface area (Å²) in [5, 5.41) is 8.20. The van der Waals surface area contributed by atoms with E-state index in [-0.39, 0.29) is 17.1 Å². The smallest absolute Gasteiger partial charge is 0.255 e. The van der Waals surface area contributed by atoms with Crippen molar-refractivity contribution < 1.29 is 9.59 Å². The first kappa shape index (κ1) is 19.4. The highest BCUT2D eigenvalue weighted by molar-refractivity contribution is 8.00. The first-order chi connectivity index (χ1) is 13.0. The van der Waals surface area contributed by atoms with E-state index in [1.54, 1.807) is 41.9 Å². The van der Waals surface area contributed by atoms with Crippen LogP contribution in [0.2, 0.25) is 5.02 Å². The molecule has 0 aliphatic heterocycles. The van der Waals surface area contributed by atoms with E-state index < -0.39 is 0 Å². The molecule has 3 aromatic rings. The van der Waals surface area contributed by atoms with Crippen LogP contribution in [0.15, 0.2) is 65.0 Å². The van der Waals surface area contributed by atoms with E-state index in [0.717, 1.165) is 4.90 Å². The van der Waals surface area contributed by atoms with E-state index in [9.17, 15) is 9.59 Å². The van der Waals surface area contributed by atoms with Gasteiger partial charge in [0, 0.05) is 32.7 Å². The number of amides is 2. The minimum Gasteiger partial charge on any atom is -0.322 e. The van der Waals surface area contributed by atoms with Crippen LogP contribution in [0.5, 0.6) is 0 Å². The minimum absolute atomic E-state index is 0.122. The summed E-state index contributed by atoms with van der Waals surface area (Å²) in [7, 11) is 0. The molecule has 2 N–H and O–H groups in total. The van der Waals surface area contributed by atoms with Crippen molar-refractivity contribution in [3.8, 4) is 0 Å². The van der Waals surface area contributed by atoms with Crippen molar-refractivity contribution in [2.24, 2.45) is 0 Å². The Morgan fingerprint density at radius 1 is 1.15 bits per heavy atom. The molecule has 0 aliphatic carbocycles. The molecule has 3 rings (SSSR count). The quantitative estimate of drug-likeness (QED) is 0.543. The van der Waals surface area contributed by atoms with Gasteiger partial charge < -0.3 is 10.6 Å². The van der Waals surface area contributed by atoms with E-state index in [1.807, 2.05) is 25.1 Å². The van der Waals surface area contributed by atoms with E-state index in [1.165, 1.54) is 23.1 Å². The van der Waals surface area contributed by atoms with Gasteiger partial charge in [-0.25, -0.2) is 4.98 Å². The lowest BCUT2D eigenvalue weighted by Gasteiger charge is -2.12. The summed E-state index contributed by atoms with van der Waals surface area (Å²) in [6, 6.07) is 14.1. The van der Waals surface area contributed by atoms with Gasteiger partial charge in [-0.3, -0.25) is 9.59 Å². The lowest BCUT2D eigenvalue weighted by atomic mass is 10.2. The number of benzene rings is 2. The summed E-state index contributed by atoms with van der Waals surface area (Å²) in [6.07, 6.45) is 1.64. The van der Waals surface area contributed by atoms with Crippen LogP contribution in [-0.2, 0) is 4.79 Å². The zero-order valence-electron chi connectivity index (χ0n) is 14.3. The number of carbonyl (C=O) groups excluding carboxylic acids is 2. The number of carbonyl (C=O) groups is 2. The molecule has 1 heterocycles. The average Bonchev–Trinajstić information content (AvgIpc) is 3.15. The van der Waals surface area contributed by atoms with Gasteiger partial charge in [-0.15, -0.1) is 23.1 Å². The van der Waals surface area contributed by atoms with Gasteiger partial charge in [-0.2, -0.15) is 0 Å². The van der Waals surface area contributed by atoms with E-state index >= 15 is 0 Å². The highest BCUT2D eigenvalue weighted by atomic mass is 35.5. The van der Waals surface area contributed by atoms with E-state index in [2.05, 4.69) is 15.6 Å². The summed E-state index contributed by atoms with van der Waals surface area (Å²) in [5.41, 5.74) is 1.13. The SMILES string of the molecule is CC(Sc1cccc(NC(=O)c2cccc(Cl)c2)c1)C(=O)Nc1nccs1. The fraction of sp³-hybridized carbons (Fsp3) is 0.105. The van der Waals surface area contributed by atoms with Gasteiger partial charge >= 0.3 is 0 Å². The topological polar surface area (TPSA) is 71.1 Å². The first-order valence-corrected chi connectivity index (χ1v) is 10.2. The second-order valence-corrected chi connectivity index (χ2v) is 8.32. The Kier molecular flexibility index (Phi) is 6.49. The molecule has 0 saturated heterocycles. The number of hydrogen-bond donors (Lipinski definition) is 2. The Morgan fingerprint density at radius 2 is 1.96 bits per heavy atom. The molecule has 0 radical (unpaired) electrons. The first-order valence-electron chi connectivity index (χ1n) is 8.05. The molecular weight excluding hydrogens is 402 g/mol. The summed E-state index contributed by atoms with van der Waals surface area (Å²) in [6.45, 7) is 1.82. The lowest BCUT2D eigenvalue weighted by molar-refractivity contribution is -0.115. The Labute approximate surface area is 170 Å². The van der Waals surface area contributed by atoms with E-state index in [4.69, 9.17) is 11.6 Å². The van der Waals surface area contributed by atoms with Crippen molar-refractivity contribution in [2.45, 2.75) is 17.1 Å². The summed E-state index contributed by atoms with van der Waals surface area (Å²) in [5.74, 6) is -0.363. The number of thiazole rings is 1. The van der Waals surface area contributed by atoms with Crippen molar-refractivity contribution in [3.05, 3.63) is 70.7 Å². The molecule has 0 aliphatic rings. The number of hydrogen-bond acceptors (Lipinski definition) is 5. The number of rotatable bonds is 6. The molecule has 0 bridgehead atoms. The van der Waals surface area contributed by atoms with Gasteiger partial charge in [0.25, 0.3) is 5.91 Å². The number of anilines is 2. The molecule has 0 spiro atoms. The number of nitrogens with one attached hydrogen (secondary N) is 2. The second kappa shape index (κ2) is 9.03. The monoisotopic (exact) mass is 417 g/mol. The summed E-state index contributed by atoms with van der Waals surface area (Å²) in [4.78, 5) is 29.5. The predicted octanol–water partition coefficient (Wildman–Crippen LogP) is 5.17. The van der Waals surface area contributed by atoms with Gasteiger partial charge in [0.1, 0.15) is 0 Å². The van der Waals surface area contributed by atoms with Gasteiger partial charge in [0.15, 0.2) is 5.13 Å². The molecular formula is C19H16ClN3O2S2. The summed E-state index contributed by atoms with van der Waals surface area (Å²) < 4.78 is 0. The highest BCUT2D eigenvalue weighted by Gasteiger charge is 2.16. The fourth-order valence-electron chi connectivity index (χ4n) is 2.23. The predicted molar refractivity (Wildman–Crippen MR) is 112 cm³/mol. The van der Waals surface area contributed by atoms with Crippen LogP contribution in [0.4, 0.5) is 10.8 Å². The van der Waals surface area contributed by atoms with Crippen LogP contribution < -0.4 is 10.6 Å². The third kappa shape index (κ3) is 5.56. The van der Waals surface area contributed by atoms with Crippen molar-refractivity contribution in [1.82, 2.24) is 4.98 Å². The lowest BCUT2D eigenvalue weighted by Crippen LogP contribution is -2.22. The molecule has 1 aromatic heterocycles. The molecule has 1 atom stereocenters. The van der Waals surface area contributed by atoms with Crippen LogP contribution in [0.3, 0.4) is 0 Å². The maximum atomic E-state index is 12.3. The molecule has 5 nitrogen and oxygen atoms in total. The van der Waals surface area contributed by atoms with Gasteiger partial charge in [0.2, 0.25) is 5.91 Å². The minimum atomic E-state index is -0.312. The van der Waals surface area contributed by atoms with Gasteiger partial charge in [-0.05, 0) is 43.3 Å². The average molecular weight is 418 g/mol. The molecule has 27 heavy (non-hydrogen) atoms. The molecule has 0 fully saturated rings. The largest absolute Gasteiger partial charge is 0.322 e. The Hall–Kier alpha value is -2.35. The van der Waals surface area contributed by atoms with Crippen LogP contribution in [0.25, 0.3) is 0 Å². The number of nitrogens with zero attached hydrogens (tertiary/aromatic N) is 1. The van der Waals surface area contributed by atoms with Gasteiger partial charge in [-0.1, -0.05) is 23.7 Å². The van der Waals surface area contributed by atoms with Gasteiger partial charge in [0.05, 0.1) is 5.25 Å².